The minimum absolute atomic E-state index is 0.0861. The summed E-state index contributed by atoms with van der Waals surface area (Å²) in [6.45, 7) is 4.81. The molecule has 0 atom stereocenters. The Morgan fingerprint density at radius 2 is 2.00 bits per heavy atom. The first kappa shape index (κ1) is 20.3. The van der Waals surface area contributed by atoms with Gasteiger partial charge in [-0.25, -0.2) is 14.4 Å². The molecule has 2 N–H and O–H groups in total. The maximum Gasteiger partial charge on any atom is 0.224 e. The summed E-state index contributed by atoms with van der Waals surface area (Å²) < 4.78 is 13.8. The fourth-order valence-electron chi connectivity index (χ4n) is 3.24. The number of aromatic nitrogens is 2. The van der Waals surface area contributed by atoms with E-state index in [1.807, 2.05) is 13.0 Å². The van der Waals surface area contributed by atoms with E-state index >= 15 is 0 Å². The largest absolute Gasteiger partial charge is 0.368 e. The van der Waals surface area contributed by atoms with E-state index in [9.17, 15) is 9.18 Å². The molecule has 0 saturated carbocycles. The number of benzene rings is 1. The summed E-state index contributed by atoms with van der Waals surface area (Å²) in [5.41, 5.74) is 0.215. The summed E-state index contributed by atoms with van der Waals surface area (Å²) in [5, 5.41) is 6.24. The van der Waals surface area contributed by atoms with Crippen LogP contribution >= 0.6 is 11.6 Å². The van der Waals surface area contributed by atoms with Gasteiger partial charge in [0, 0.05) is 42.8 Å². The van der Waals surface area contributed by atoms with Gasteiger partial charge in [-0.05, 0) is 38.3 Å². The van der Waals surface area contributed by atoms with Crippen molar-refractivity contribution in [3.05, 3.63) is 46.5 Å². The molecule has 28 heavy (non-hydrogen) atoms. The SMILES string of the molecule is Cc1nc(NCCNC(=O)Cc2c(F)cccc2Cl)cc(N2CCCCC2)n1. The number of hydrogen-bond acceptors (Lipinski definition) is 5. The molecule has 1 aromatic heterocycles. The van der Waals surface area contributed by atoms with Crippen LogP contribution in [0.4, 0.5) is 16.0 Å². The van der Waals surface area contributed by atoms with Gasteiger partial charge < -0.3 is 15.5 Å². The van der Waals surface area contributed by atoms with Crippen molar-refractivity contribution >= 4 is 29.1 Å². The average molecular weight is 406 g/mol. The average Bonchev–Trinajstić information content (AvgIpc) is 2.68. The molecule has 0 spiro atoms. The van der Waals surface area contributed by atoms with Crippen LogP contribution in [0.5, 0.6) is 0 Å². The Morgan fingerprint density at radius 3 is 2.75 bits per heavy atom. The molecule has 0 unspecified atom stereocenters. The second-order valence-corrected chi connectivity index (χ2v) is 7.27. The highest BCUT2D eigenvalue weighted by atomic mass is 35.5. The fraction of sp³-hybridized carbons (Fsp3) is 0.450. The standard InChI is InChI=1S/C20H25ClFN5O/c1-14-25-18(13-19(26-14)27-10-3-2-4-11-27)23-8-9-24-20(28)12-15-16(21)6-5-7-17(15)22/h5-7,13H,2-4,8-12H2,1H3,(H,24,28)(H,23,25,26). The molecule has 1 aliphatic heterocycles. The lowest BCUT2D eigenvalue weighted by atomic mass is 10.1. The molecule has 8 heteroatoms. The van der Waals surface area contributed by atoms with Crippen LogP contribution in [0.3, 0.4) is 0 Å². The smallest absolute Gasteiger partial charge is 0.224 e. The van der Waals surface area contributed by atoms with Crippen molar-refractivity contribution in [1.29, 1.82) is 0 Å². The number of carbonyl (C=O) groups excluding carboxylic acids is 1. The lowest BCUT2D eigenvalue weighted by Crippen LogP contribution is -2.31. The zero-order valence-electron chi connectivity index (χ0n) is 16.0. The zero-order valence-corrected chi connectivity index (χ0v) is 16.7. The van der Waals surface area contributed by atoms with Crippen LogP contribution in [0.2, 0.25) is 5.02 Å². The minimum atomic E-state index is -0.470. The molecule has 0 aliphatic carbocycles. The molecule has 1 aliphatic rings. The summed E-state index contributed by atoms with van der Waals surface area (Å²) in [6, 6.07) is 6.34. The normalized spacial score (nSPS) is 14.0. The van der Waals surface area contributed by atoms with Crippen LogP contribution in [0.1, 0.15) is 30.7 Å². The highest BCUT2D eigenvalue weighted by Crippen LogP contribution is 2.21. The van der Waals surface area contributed by atoms with Gasteiger partial charge >= 0.3 is 0 Å². The summed E-state index contributed by atoms with van der Waals surface area (Å²) in [4.78, 5) is 23.3. The van der Waals surface area contributed by atoms with E-state index in [1.54, 1.807) is 6.07 Å². The maximum atomic E-state index is 13.8. The molecule has 6 nitrogen and oxygen atoms in total. The number of nitrogens with zero attached hydrogens (tertiary/aromatic N) is 3. The van der Waals surface area contributed by atoms with Gasteiger partial charge in [-0.1, -0.05) is 17.7 Å². The number of amides is 1. The first-order chi connectivity index (χ1) is 13.5. The summed E-state index contributed by atoms with van der Waals surface area (Å²) in [7, 11) is 0. The van der Waals surface area contributed by atoms with Crippen LogP contribution in [-0.4, -0.2) is 42.1 Å². The number of nitrogens with one attached hydrogen (secondary N) is 2. The second-order valence-electron chi connectivity index (χ2n) is 6.86. The predicted molar refractivity (Wildman–Crippen MR) is 109 cm³/mol. The minimum Gasteiger partial charge on any atom is -0.368 e. The van der Waals surface area contributed by atoms with Crippen LogP contribution in [0.15, 0.2) is 24.3 Å². The van der Waals surface area contributed by atoms with E-state index in [0.717, 1.165) is 24.7 Å². The Morgan fingerprint density at radius 1 is 1.21 bits per heavy atom. The Bertz CT molecular complexity index is 806. The highest BCUT2D eigenvalue weighted by Gasteiger charge is 2.14. The number of piperidine rings is 1. The fourth-order valence-corrected chi connectivity index (χ4v) is 3.47. The first-order valence-corrected chi connectivity index (χ1v) is 9.95. The number of rotatable bonds is 7. The van der Waals surface area contributed by atoms with Crippen molar-refractivity contribution in [3.8, 4) is 0 Å². The number of hydrogen-bond donors (Lipinski definition) is 2. The third-order valence-corrected chi connectivity index (χ3v) is 5.01. The number of carbonyl (C=O) groups is 1. The van der Waals surface area contributed by atoms with Gasteiger partial charge in [0.05, 0.1) is 6.42 Å². The van der Waals surface area contributed by atoms with E-state index in [0.29, 0.717) is 18.9 Å². The molecule has 2 aromatic rings. The number of anilines is 2. The van der Waals surface area contributed by atoms with Crippen LogP contribution < -0.4 is 15.5 Å². The lowest BCUT2D eigenvalue weighted by Gasteiger charge is -2.28. The van der Waals surface area contributed by atoms with Gasteiger partial charge in [0.1, 0.15) is 23.3 Å². The maximum absolute atomic E-state index is 13.8. The van der Waals surface area contributed by atoms with Crippen molar-refractivity contribution in [1.82, 2.24) is 15.3 Å². The molecule has 1 fully saturated rings. The Kier molecular flexibility index (Phi) is 7.03. The number of aryl methyl sites for hydroxylation is 1. The van der Waals surface area contributed by atoms with Gasteiger partial charge in [-0.15, -0.1) is 0 Å². The van der Waals surface area contributed by atoms with Crippen molar-refractivity contribution in [3.63, 3.8) is 0 Å². The highest BCUT2D eigenvalue weighted by molar-refractivity contribution is 6.31. The van der Waals surface area contributed by atoms with Gasteiger partial charge in [-0.3, -0.25) is 4.79 Å². The van der Waals surface area contributed by atoms with Gasteiger partial charge in [-0.2, -0.15) is 0 Å². The Hall–Kier alpha value is -2.41. The quantitative estimate of drug-likeness (QED) is 0.691. The van der Waals surface area contributed by atoms with Gasteiger partial charge in [0.15, 0.2) is 0 Å². The van der Waals surface area contributed by atoms with E-state index in [4.69, 9.17) is 11.6 Å². The summed E-state index contributed by atoms with van der Waals surface area (Å²) >= 11 is 5.96. The Labute approximate surface area is 169 Å². The monoisotopic (exact) mass is 405 g/mol. The molecule has 1 saturated heterocycles. The van der Waals surface area contributed by atoms with E-state index in [2.05, 4.69) is 25.5 Å². The van der Waals surface area contributed by atoms with Crippen LogP contribution in [-0.2, 0) is 11.2 Å². The molecule has 150 valence electrons. The molecule has 0 radical (unpaired) electrons. The molecule has 3 rings (SSSR count). The predicted octanol–water partition coefficient (Wildman–Crippen LogP) is 3.34. The summed E-state index contributed by atoms with van der Waals surface area (Å²) in [5.74, 6) is 1.64. The Balaban J connectivity index is 1.48. The lowest BCUT2D eigenvalue weighted by molar-refractivity contribution is -0.120. The van der Waals surface area contributed by atoms with Crippen LogP contribution in [0, 0.1) is 12.7 Å². The van der Waals surface area contributed by atoms with E-state index in [-0.39, 0.29) is 22.9 Å². The zero-order chi connectivity index (χ0) is 19.9. The van der Waals surface area contributed by atoms with Gasteiger partial charge in [0.25, 0.3) is 0 Å². The van der Waals surface area contributed by atoms with Gasteiger partial charge in [0.2, 0.25) is 5.91 Å². The molecule has 1 amide bonds. The number of halogens is 2. The van der Waals surface area contributed by atoms with Crippen LogP contribution in [0.25, 0.3) is 0 Å². The third kappa shape index (κ3) is 5.55. The molecule has 0 bridgehead atoms. The van der Waals surface area contributed by atoms with E-state index < -0.39 is 5.82 Å². The second kappa shape index (κ2) is 9.68. The molecular formula is C20H25ClFN5O. The molecule has 1 aromatic carbocycles. The first-order valence-electron chi connectivity index (χ1n) is 9.57. The molecular weight excluding hydrogens is 381 g/mol. The van der Waals surface area contributed by atoms with Crippen molar-refractivity contribution in [2.45, 2.75) is 32.6 Å². The topological polar surface area (TPSA) is 70.2 Å². The summed E-state index contributed by atoms with van der Waals surface area (Å²) in [6.07, 6.45) is 3.55. The third-order valence-electron chi connectivity index (χ3n) is 4.66. The molecule has 2 heterocycles. The van der Waals surface area contributed by atoms with Crippen molar-refractivity contribution in [2.75, 3.05) is 36.4 Å². The van der Waals surface area contributed by atoms with Crippen molar-refractivity contribution in [2.24, 2.45) is 0 Å². The van der Waals surface area contributed by atoms with E-state index in [1.165, 1.54) is 31.4 Å². The van der Waals surface area contributed by atoms with Crippen molar-refractivity contribution < 1.29 is 9.18 Å².